The molecule has 0 aromatic rings. The SMILES string of the molecule is CCCC[C@H](C)[C@H](CC(=O)O)OC(=O)[C@H](CCSC)NC(=O)OC(C)(C)C. The lowest BCUT2D eigenvalue weighted by atomic mass is 9.95. The Hall–Kier alpha value is -1.44. The average Bonchev–Trinajstić information content (AvgIpc) is 2.53. The molecule has 1 amide bonds. The number of ether oxygens (including phenoxy) is 2. The summed E-state index contributed by atoms with van der Waals surface area (Å²) in [5.41, 5.74) is -0.682. The topological polar surface area (TPSA) is 102 Å². The third-order valence-corrected chi connectivity index (χ3v) is 4.52. The Morgan fingerprint density at radius 3 is 2.30 bits per heavy atom. The van der Waals surface area contributed by atoms with E-state index in [4.69, 9.17) is 14.6 Å². The zero-order valence-electron chi connectivity index (χ0n) is 17.4. The van der Waals surface area contributed by atoms with Gasteiger partial charge in [-0.05, 0) is 51.5 Å². The number of amides is 1. The number of nitrogens with one attached hydrogen (secondary N) is 1. The van der Waals surface area contributed by atoms with Crippen LogP contribution in [0.4, 0.5) is 4.79 Å². The van der Waals surface area contributed by atoms with Crippen LogP contribution in [0, 0.1) is 5.92 Å². The fourth-order valence-electron chi connectivity index (χ4n) is 2.41. The van der Waals surface area contributed by atoms with Gasteiger partial charge in [-0.1, -0.05) is 26.7 Å². The molecule has 0 aromatic heterocycles. The molecule has 8 heteroatoms. The number of carboxylic acids is 1. The first-order chi connectivity index (χ1) is 12.5. The summed E-state index contributed by atoms with van der Waals surface area (Å²) in [7, 11) is 0. The predicted octanol–water partition coefficient (Wildman–Crippen LogP) is 3.85. The van der Waals surface area contributed by atoms with Crippen LogP contribution < -0.4 is 5.32 Å². The van der Waals surface area contributed by atoms with Crippen molar-refractivity contribution in [3.8, 4) is 0 Å². The molecule has 0 radical (unpaired) electrons. The maximum atomic E-state index is 12.6. The molecule has 0 aliphatic carbocycles. The van der Waals surface area contributed by atoms with Gasteiger partial charge < -0.3 is 19.9 Å². The van der Waals surface area contributed by atoms with Crippen LogP contribution in [0.3, 0.4) is 0 Å². The van der Waals surface area contributed by atoms with Crippen LogP contribution in [0.1, 0.15) is 66.7 Å². The van der Waals surface area contributed by atoms with Gasteiger partial charge in [0.2, 0.25) is 0 Å². The van der Waals surface area contributed by atoms with Gasteiger partial charge in [0.1, 0.15) is 17.7 Å². The molecule has 0 aliphatic rings. The van der Waals surface area contributed by atoms with Crippen molar-refractivity contribution in [2.24, 2.45) is 5.92 Å². The van der Waals surface area contributed by atoms with E-state index in [-0.39, 0.29) is 12.3 Å². The molecule has 0 bridgehead atoms. The summed E-state index contributed by atoms with van der Waals surface area (Å²) in [4.78, 5) is 35.8. The number of carbonyl (C=O) groups is 3. The standard InChI is InChI=1S/C19H35NO6S/c1-7-8-9-13(2)15(12-16(21)22)25-17(23)14(10-11-27-6)20-18(24)26-19(3,4)5/h13-15H,7-12H2,1-6H3,(H,20,24)(H,21,22)/t13-,14-,15-/m0/s1. The van der Waals surface area contributed by atoms with Crippen LogP contribution in [0.25, 0.3) is 0 Å². The molecule has 0 fully saturated rings. The highest BCUT2D eigenvalue weighted by Gasteiger charge is 2.30. The van der Waals surface area contributed by atoms with E-state index in [0.717, 1.165) is 19.3 Å². The van der Waals surface area contributed by atoms with Gasteiger partial charge in [-0.25, -0.2) is 9.59 Å². The Bertz CT molecular complexity index is 477. The zero-order chi connectivity index (χ0) is 21.0. The second kappa shape index (κ2) is 12.9. The minimum absolute atomic E-state index is 0.0762. The fraction of sp³-hybridized carbons (Fsp3) is 0.842. The fourth-order valence-corrected chi connectivity index (χ4v) is 2.88. The summed E-state index contributed by atoms with van der Waals surface area (Å²) in [6.07, 6.45) is 3.29. The van der Waals surface area contributed by atoms with E-state index in [2.05, 4.69) is 5.32 Å². The number of rotatable bonds is 12. The van der Waals surface area contributed by atoms with Gasteiger partial charge in [-0.3, -0.25) is 4.79 Å². The van der Waals surface area contributed by atoms with Gasteiger partial charge >= 0.3 is 18.0 Å². The largest absolute Gasteiger partial charge is 0.481 e. The molecule has 158 valence electrons. The molecule has 7 nitrogen and oxygen atoms in total. The molecule has 0 spiro atoms. The minimum Gasteiger partial charge on any atom is -0.481 e. The zero-order valence-corrected chi connectivity index (χ0v) is 18.2. The van der Waals surface area contributed by atoms with Crippen molar-refractivity contribution >= 4 is 29.8 Å². The third kappa shape index (κ3) is 12.5. The van der Waals surface area contributed by atoms with Crippen LogP contribution in [-0.2, 0) is 19.1 Å². The number of esters is 1. The second-order valence-electron chi connectivity index (χ2n) is 7.67. The Kier molecular flexibility index (Phi) is 12.2. The molecule has 0 unspecified atom stereocenters. The molecule has 2 N–H and O–H groups in total. The van der Waals surface area contributed by atoms with Crippen molar-refractivity contribution in [2.75, 3.05) is 12.0 Å². The highest BCUT2D eigenvalue weighted by molar-refractivity contribution is 7.98. The maximum Gasteiger partial charge on any atom is 0.408 e. The number of alkyl carbamates (subject to hydrolysis) is 1. The van der Waals surface area contributed by atoms with Gasteiger partial charge in [-0.2, -0.15) is 11.8 Å². The summed E-state index contributed by atoms with van der Waals surface area (Å²) in [6.45, 7) is 9.14. The van der Waals surface area contributed by atoms with Gasteiger partial charge in [0.15, 0.2) is 0 Å². The van der Waals surface area contributed by atoms with Crippen LogP contribution in [0.15, 0.2) is 0 Å². The van der Waals surface area contributed by atoms with Gasteiger partial charge in [-0.15, -0.1) is 0 Å². The summed E-state index contributed by atoms with van der Waals surface area (Å²) < 4.78 is 10.7. The lowest BCUT2D eigenvalue weighted by Gasteiger charge is -2.27. The summed E-state index contributed by atoms with van der Waals surface area (Å²) in [5, 5.41) is 11.7. The highest BCUT2D eigenvalue weighted by Crippen LogP contribution is 2.20. The Labute approximate surface area is 166 Å². The Morgan fingerprint density at radius 2 is 1.81 bits per heavy atom. The molecule has 27 heavy (non-hydrogen) atoms. The van der Waals surface area contributed by atoms with Gasteiger partial charge in [0, 0.05) is 0 Å². The number of aliphatic carboxylic acids is 1. The average molecular weight is 406 g/mol. The predicted molar refractivity (Wildman–Crippen MR) is 107 cm³/mol. The number of thioether (sulfide) groups is 1. The molecule has 3 atom stereocenters. The number of hydrogen-bond acceptors (Lipinski definition) is 6. The van der Waals surface area contributed by atoms with Crippen molar-refractivity contribution in [3.05, 3.63) is 0 Å². The Morgan fingerprint density at radius 1 is 1.19 bits per heavy atom. The molecule has 0 rings (SSSR count). The third-order valence-electron chi connectivity index (χ3n) is 3.88. The molecular weight excluding hydrogens is 370 g/mol. The first-order valence-corrected chi connectivity index (χ1v) is 10.8. The maximum absolute atomic E-state index is 12.6. The molecule has 0 heterocycles. The number of carbonyl (C=O) groups excluding carboxylic acids is 2. The summed E-state index contributed by atoms with van der Waals surface area (Å²) in [5.74, 6) is -1.07. The quantitative estimate of drug-likeness (QED) is 0.476. The van der Waals surface area contributed by atoms with Crippen LogP contribution in [0.2, 0.25) is 0 Å². The number of unbranched alkanes of at least 4 members (excludes halogenated alkanes) is 1. The van der Waals surface area contributed by atoms with Crippen LogP contribution in [-0.4, -0.2) is 52.9 Å². The van der Waals surface area contributed by atoms with Crippen molar-refractivity contribution in [1.82, 2.24) is 5.32 Å². The first kappa shape index (κ1) is 25.6. The van der Waals surface area contributed by atoms with E-state index in [0.29, 0.717) is 12.2 Å². The van der Waals surface area contributed by atoms with E-state index in [1.165, 1.54) is 0 Å². The summed E-state index contributed by atoms with van der Waals surface area (Å²) in [6, 6.07) is -0.873. The monoisotopic (exact) mass is 405 g/mol. The van der Waals surface area contributed by atoms with Crippen LogP contribution >= 0.6 is 11.8 Å². The molecule has 0 aliphatic heterocycles. The molecule has 0 aromatic carbocycles. The van der Waals surface area contributed by atoms with Crippen molar-refractivity contribution in [3.63, 3.8) is 0 Å². The lowest BCUT2D eigenvalue weighted by molar-refractivity contribution is -0.158. The van der Waals surface area contributed by atoms with E-state index in [9.17, 15) is 14.4 Å². The van der Waals surface area contributed by atoms with Crippen molar-refractivity contribution < 1.29 is 29.0 Å². The van der Waals surface area contributed by atoms with Crippen molar-refractivity contribution in [2.45, 2.75) is 84.5 Å². The van der Waals surface area contributed by atoms with E-state index < -0.39 is 35.8 Å². The van der Waals surface area contributed by atoms with Crippen molar-refractivity contribution in [1.29, 1.82) is 0 Å². The second-order valence-corrected chi connectivity index (χ2v) is 8.66. The highest BCUT2D eigenvalue weighted by atomic mass is 32.2. The van der Waals surface area contributed by atoms with Crippen LogP contribution in [0.5, 0.6) is 0 Å². The van der Waals surface area contributed by atoms with Gasteiger partial charge in [0.05, 0.1) is 6.42 Å². The van der Waals surface area contributed by atoms with E-state index >= 15 is 0 Å². The number of carboxylic acid groups (broad SMARTS) is 1. The van der Waals surface area contributed by atoms with E-state index in [1.807, 2.05) is 20.1 Å². The summed E-state index contributed by atoms with van der Waals surface area (Å²) >= 11 is 1.54. The van der Waals surface area contributed by atoms with E-state index in [1.54, 1.807) is 32.5 Å². The smallest absolute Gasteiger partial charge is 0.408 e. The normalized spacial score (nSPS) is 14.7. The first-order valence-electron chi connectivity index (χ1n) is 9.40. The Balaban J connectivity index is 5.07. The number of hydrogen-bond donors (Lipinski definition) is 2. The lowest BCUT2D eigenvalue weighted by Crippen LogP contribution is -2.46. The molecular formula is C19H35NO6S. The van der Waals surface area contributed by atoms with Gasteiger partial charge in [0.25, 0.3) is 0 Å². The molecule has 0 saturated carbocycles. The molecule has 0 saturated heterocycles. The minimum atomic E-state index is -1.02.